The summed E-state index contributed by atoms with van der Waals surface area (Å²) in [5, 5.41) is 33.4. The number of ether oxygens (including phenoxy) is 7. The molecule has 1 unspecified atom stereocenters. The Morgan fingerprint density at radius 1 is 0.696 bits per heavy atom. The number of ketones is 1. The average molecular weight is 629 g/mol. The van der Waals surface area contributed by atoms with Crippen LogP contribution in [0, 0.1) is 0 Å². The van der Waals surface area contributed by atoms with Crippen molar-refractivity contribution in [2.24, 2.45) is 0 Å². The second-order valence-corrected chi connectivity index (χ2v) is 10.6. The molecular formula is C35H32O11. The molecule has 0 radical (unpaired) electrons. The molecule has 0 aliphatic carbocycles. The molecule has 0 spiro atoms. The lowest BCUT2D eigenvalue weighted by molar-refractivity contribution is 0.0767. The van der Waals surface area contributed by atoms with E-state index in [4.69, 9.17) is 33.2 Å². The number of carbonyl (C=O) groups excluding carboxylic acids is 1. The Balaban J connectivity index is 1.57. The third kappa shape index (κ3) is 5.04. The predicted octanol–water partition coefficient (Wildman–Crippen LogP) is 5.71. The first-order valence-electron chi connectivity index (χ1n) is 14.2. The van der Waals surface area contributed by atoms with Gasteiger partial charge in [0.25, 0.3) is 0 Å². The van der Waals surface area contributed by atoms with E-state index in [0.29, 0.717) is 34.1 Å². The number of phenols is 2. The van der Waals surface area contributed by atoms with Gasteiger partial charge in [-0.2, -0.15) is 0 Å². The highest BCUT2D eigenvalue weighted by Gasteiger charge is 2.46. The van der Waals surface area contributed by atoms with Crippen LogP contribution in [0.2, 0.25) is 0 Å². The minimum atomic E-state index is -1.33. The first-order valence-corrected chi connectivity index (χ1v) is 14.2. The van der Waals surface area contributed by atoms with Crippen LogP contribution in [-0.2, 0) is 0 Å². The number of Topliss-reactive ketones (excluding diaryl/α,β-unsaturated/α-hetero) is 1. The van der Waals surface area contributed by atoms with E-state index in [1.165, 1.54) is 52.7 Å². The second kappa shape index (κ2) is 12.1. The maximum atomic E-state index is 14.6. The maximum absolute atomic E-state index is 14.6. The van der Waals surface area contributed by atoms with Crippen molar-refractivity contribution in [1.82, 2.24) is 0 Å². The number of aromatic hydroxyl groups is 2. The highest BCUT2D eigenvalue weighted by atomic mass is 16.5. The van der Waals surface area contributed by atoms with Crippen LogP contribution < -0.4 is 33.2 Å². The van der Waals surface area contributed by atoms with Crippen LogP contribution in [0.15, 0.2) is 66.7 Å². The molecule has 2 aliphatic rings. The minimum Gasteiger partial charge on any atom is -0.507 e. The van der Waals surface area contributed by atoms with E-state index < -0.39 is 23.9 Å². The van der Waals surface area contributed by atoms with Gasteiger partial charge >= 0.3 is 0 Å². The Labute approximate surface area is 264 Å². The van der Waals surface area contributed by atoms with Gasteiger partial charge in [0, 0.05) is 23.8 Å². The summed E-state index contributed by atoms with van der Waals surface area (Å²) in [6.45, 7) is 0. The summed E-state index contributed by atoms with van der Waals surface area (Å²) in [4.78, 5) is 14.6. The first kappa shape index (κ1) is 30.5. The Hall–Kier alpha value is -5.55. The summed E-state index contributed by atoms with van der Waals surface area (Å²) < 4.78 is 40.1. The van der Waals surface area contributed by atoms with Crippen molar-refractivity contribution in [3.05, 3.63) is 94.6 Å². The fourth-order valence-corrected chi connectivity index (χ4v) is 5.90. The van der Waals surface area contributed by atoms with Crippen LogP contribution in [0.3, 0.4) is 0 Å². The zero-order valence-electron chi connectivity index (χ0n) is 25.7. The lowest BCUT2D eigenvalue weighted by Gasteiger charge is -2.36. The van der Waals surface area contributed by atoms with E-state index in [9.17, 15) is 20.1 Å². The van der Waals surface area contributed by atoms with Gasteiger partial charge in [-0.3, -0.25) is 4.79 Å². The molecule has 0 saturated heterocycles. The SMILES string of the molecule is COc1ccc([C@H]2Oc3cc(OC)cc(O)c3C(=O)[C@@H]2c2c(OC)cc(O)c3c2OC(c2ccc(OC)c(OC)c2)=CC3O)cc1. The molecule has 0 saturated carbocycles. The molecule has 46 heavy (non-hydrogen) atoms. The number of rotatable bonds is 8. The van der Waals surface area contributed by atoms with Gasteiger partial charge in [0.1, 0.15) is 63.8 Å². The van der Waals surface area contributed by atoms with Gasteiger partial charge in [-0.25, -0.2) is 0 Å². The van der Waals surface area contributed by atoms with Crippen LogP contribution in [0.25, 0.3) is 5.76 Å². The van der Waals surface area contributed by atoms with Crippen molar-refractivity contribution in [3.8, 4) is 51.7 Å². The lowest BCUT2D eigenvalue weighted by Crippen LogP contribution is -2.31. The number of aliphatic hydroxyl groups excluding tert-OH is 1. The zero-order chi connectivity index (χ0) is 32.7. The molecule has 2 heterocycles. The predicted molar refractivity (Wildman–Crippen MR) is 166 cm³/mol. The Morgan fingerprint density at radius 2 is 1.39 bits per heavy atom. The monoisotopic (exact) mass is 628 g/mol. The smallest absolute Gasteiger partial charge is 0.182 e. The number of methoxy groups -OCH3 is 5. The molecule has 0 bridgehead atoms. The molecule has 3 atom stereocenters. The van der Waals surface area contributed by atoms with Gasteiger partial charge in [0.15, 0.2) is 17.3 Å². The molecular weight excluding hydrogens is 596 g/mol. The van der Waals surface area contributed by atoms with Crippen molar-refractivity contribution in [3.63, 3.8) is 0 Å². The Morgan fingerprint density at radius 3 is 2.04 bits per heavy atom. The van der Waals surface area contributed by atoms with Crippen molar-refractivity contribution < 1.29 is 53.3 Å². The second-order valence-electron chi connectivity index (χ2n) is 10.6. The summed E-state index contributed by atoms with van der Waals surface area (Å²) in [6, 6.07) is 16.3. The molecule has 11 nitrogen and oxygen atoms in total. The van der Waals surface area contributed by atoms with Crippen molar-refractivity contribution in [2.75, 3.05) is 35.5 Å². The summed E-state index contributed by atoms with van der Waals surface area (Å²) in [7, 11) is 7.39. The number of hydrogen-bond acceptors (Lipinski definition) is 11. The Kier molecular flexibility index (Phi) is 8.01. The highest BCUT2D eigenvalue weighted by molar-refractivity contribution is 6.08. The molecule has 4 aromatic rings. The van der Waals surface area contributed by atoms with Crippen LogP contribution in [0.5, 0.6) is 51.7 Å². The third-order valence-electron chi connectivity index (χ3n) is 8.13. The molecule has 2 aliphatic heterocycles. The standard InChI is InChI=1S/C35H32O11/c1-40-19-9-6-17(7-10-19)34-32(33(39)30-21(36)13-20(41-2)14-28(30)46-34)31-27(44-5)16-23(38)29-22(37)15-25(45-35(29)31)18-8-11-24(42-3)26(12-18)43-4/h6-16,22,32,34,36-38H,1-5H3/t22?,32-,34+/m0/s1. The lowest BCUT2D eigenvalue weighted by atomic mass is 9.78. The van der Waals surface area contributed by atoms with Gasteiger partial charge in [0.05, 0.1) is 52.6 Å². The number of fused-ring (bicyclic) bond motifs is 2. The van der Waals surface area contributed by atoms with Gasteiger partial charge < -0.3 is 48.5 Å². The highest BCUT2D eigenvalue weighted by Crippen LogP contribution is 2.56. The molecule has 11 heteroatoms. The fraction of sp³-hybridized carbons (Fsp3) is 0.229. The molecule has 4 aromatic carbocycles. The number of aliphatic hydroxyl groups is 1. The Bertz CT molecular complexity index is 1840. The maximum Gasteiger partial charge on any atom is 0.182 e. The van der Waals surface area contributed by atoms with Crippen LogP contribution in [0.1, 0.15) is 50.7 Å². The molecule has 3 N–H and O–H groups in total. The summed E-state index contributed by atoms with van der Waals surface area (Å²) in [6.07, 6.45) is -0.871. The summed E-state index contributed by atoms with van der Waals surface area (Å²) >= 11 is 0. The normalized spacial score (nSPS) is 18.3. The quantitative estimate of drug-likeness (QED) is 0.221. The number of benzene rings is 4. The van der Waals surface area contributed by atoms with E-state index >= 15 is 0 Å². The van der Waals surface area contributed by atoms with Gasteiger partial charge in [-0.1, -0.05) is 12.1 Å². The van der Waals surface area contributed by atoms with Crippen molar-refractivity contribution in [1.29, 1.82) is 0 Å². The molecule has 238 valence electrons. The number of hydrogen-bond donors (Lipinski definition) is 3. The van der Waals surface area contributed by atoms with Gasteiger partial charge in [0.2, 0.25) is 0 Å². The fourth-order valence-electron chi connectivity index (χ4n) is 5.90. The van der Waals surface area contributed by atoms with Crippen LogP contribution in [0.4, 0.5) is 0 Å². The average Bonchev–Trinajstić information content (AvgIpc) is 3.07. The van der Waals surface area contributed by atoms with Crippen LogP contribution in [-0.4, -0.2) is 56.7 Å². The van der Waals surface area contributed by atoms with Crippen molar-refractivity contribution in [2.45, 2.75) is 18.1 Å². The topological polar surface area (TPSA) is 142 Å². The summed E-state index contributed by atoms with van der Waals surface area (Å²) in [5.41, 5.74) is 1.30. The number of carbonyl (C=O) groups is 1. The van der Waals surface area contributed by atoms with Crippen LogP contribution >= 0.6 is 0 Å². The van der Waals surface area contributed by atoms with E-state index in [1.807, 2.05) is 0 Å². The molecule has 0 amide bonds. The van der Waals surface area contributed by atoms with Gasteiger partial charge in [-0.05, 0) is 42.0 Å². The largest absolute Gasteiger partial charge is 0.507 e. The van der Waals surface area contributed by atoms with E-state index in [1.54, 1.807) is 49.6 Å². The van der Waals surface area contributed by atoms with Gasteiger partial charge in [-0.15, -0.1) is 0 Å². The van der Waals surface area contributed by atoms with E-state index in [-0.39, 0.29) is 51.2 Å². The van der Waals surface area contributed by atoms with E-state index in [0.717, 1.165) is 0 Å². The molecule has 6 rings (SSSR count). The number of phenolic OH excluding ortho intramolecular Hbond substituents is 2. The van der Waals surface area contributed by atoms with Crippen molar-refractivity contribution >= 4 is 11.5 Å². The third-order valence-corrected chi connectivity index (χ3v) is 8.13. The van der Waals surface area contributed by atoms with E-state index in [2.05, 4.69) is 0 Å². The summed E-state index contributed by atoms with van der Waals surface area (Å²) in [5.74, 6) is -0.0463. The minimum absolute atomic E-state index is 0.00791. The first-order chi connectivity index (χ1) is 22.2. The molecule has 0 aromatic heterocycles. The molecule has 0 fully saturated rings. The zero-order valence-corrected chi connectivity index (χ0v) is 25.7.